The normalized spacial score (nSPS) is 19.9. The Morgan fingerprint density at radius 3 is 1.76 bits per heavy atom. The van der Waals surface area contributed by atoms with Crippen molar-refractivity contribution in [3.05, 3.63) is 71.3 Å². The van der Waals surface area contributed by atoms with Crippen LogP contribution in [0.4, 0.5) is 4.79 Å². The van der Waals surface area contributed by atoms with Crippen molar-refractivity contribution in [2.24, 2.45) is 0 Å². The van der Waals surface area contributed by atoms with Gasteiger partial charge in [-0.1, -0.05) is 254 Å². The summed E-state index contributed by atoms with van der Waals surface area (Å²) >= 11 is 36.0. The van der Waals surface area contributed by atoms with Gasteiger partial charge in [0.2, 0.25) is 16.0 Å². The number of hydrogen-bond acceptors (Lipinski definition) is 14. The van der Waals surface area contributed by atoms with Gasteiger partial charge in [0.15, 0.2) is 6.10 Å². The Bertz CT molecular complexity index is 2020. The third-order valence-corrected chi connectivity index (χ3v) is 15.1. The summed E-state index contributed by atoms with van der Waals surface area (Å²) < 4.78 is 64.1. The van der Waals surface area contributed by atoms with E-state index >= 15 is 0 Å². The molecule has 2 N–H and O–H groups in total. The number of esters is 2. The number of carbonyl (C=O) groups excluding carboxylic acids is 3. The number of halogens is 6. The van der Waals surface area contributed by atoms with Crippen LogP contribution in [0.25, 0.3) is 0 Å². The van der Waals surface area contributed by atoms with Crippen LogP contribution in [-0.2, 0) is 76.0 Å². The molecule has 76 heavy (non-hydrogen) atoms. The Morgan fingerprint density at radius 1 is 0.697 bits per heavy atom. The van der Waals surface area contributed by atoms with Crippen LogP contribution < -0.4 is 5.32 Å². The third-order valence-electron chi connectivity index (χ3n) is 12.9. The van der Waals surface area contributed by atoms with Gasteiger partial charge in [-0.3, -0.25) is 28.6 Å². The smallest absolute Gasteiger partial charge is 0.462 e. The predicted molar refractivity (Wildman–Crippen MR) is 298 cm³/mol. The fourth-order valence-corrected chi connectivity index (χ4v) is 10.4. The van der Waals surface area contributed by atoms with Crippen molar-refractivity contribution in [3.8, 4) is 0 Å². The maximum Gasteiger partial charge on any atom is 0.475 e. The summed E-state index contributed by atoms with van der Waals surface area (Å²) in [5.74, 6) is -2.31. The molecular weight excluding hydrogens is 1130 g/mol. The van der Waals surface area contributed by atoms with Gasteiger partial charge in [-0.25, -0.2) is 9.36 Å². The highest BCUT2D eigenvalue weighted by molar-refractivity contribution is 7.48. The van der Waals surface area contributed by atoms with Gasteiger partial charge in [0.1, 0.15) is 31.0 Å². The number of ether oxygens (including phenoxy) is 6. The molecule has 0 spiro atoms. The first-order valence-electron chi connectivity index (χ1n) is 27.0. The van der Waals surface area contributed by atoms with Gasteiger partial charge in [0, 0.05) is 6.42 Å². The summed E-state index contributed by atoms with van der Waals surface area (Å²) in [6.45, 7) is 2.96. The first-order valence-corrected chi connectivity index (χ1v) is 30.7. The zero-order valence-corrected chi connectivity index (χ0v) is 49.4. The fraction of sp³-hybridized carbons (Fsp3) is 0.704. The minimum Gasteiger partial charge on any atom is -0.462 e. The minimum atomic E-state index is -4.63. The molecule has 22 heteroatoms. The largest absolute Gasteiger partial charge is 0.475 e. The first-order chi connectivity index (χ1) is 36.4. The molecule has 0 aliphatic carbocycles. The van der Waals surface area contributed by atoms with E-state index in [2.05, 4.69) is 19.2 Å². The van der Waals surface area contributed by atoms with E-state index in [-0.39, 0.29) is 32.8 Å². The minimum absolute atomic E-state index is 0.0451. The Balaban J connectivity index is 1.64. The standard InChI is InChI=1S/C54H79Cl6N2O13P/c1-3-5-7-9-11-13-14-16-18-20-25-33-45(63)71-43(32-24-19-17-15-12-10-8-6-4-2)34-46(64)73-49-47(62-52(65)68-39-53(55,56)57)50(74-51(61)54(58,59)60)72-44(38-67-35-40-28-22-21-23-29-40)48(49)75-76(66)69-36-41-30-26-27-31-42(41)37-70-76/h21-23,26-31,43-44,47-50,61H,3-20,24-25,32-39H2,1-2H3,(H,62,65)/t43-,44-,47-,48-,49-,50?/m1/s1. The second kappa shape index (κ2) is 36.3. The summed E-state index contributed by atoms with van der Waals surface area (Å²) in [6.07, 6.45) is 13.0. The number of alkyl carbamates (subject to hydrolysis) is 1. The lowest BCUT2D eigenvalue weighted by molar-refractivity contribution is -0.255. The molecule has 0 aromatic heterocycles. The summed E-state index contributed by atoms with van der Waals surface area (Å²) in [5.41, 5.74) is 2.14. The monoisotopic (exact) mass is 1200 g/mol. The van der Waals surface area contributed by atoms with E-state index in [9.17, 15) is 18.9 Å². The molecule has 1 fully saturated rings. The van der Waals surface area contributed by atoms with Crippen molar-refractivity contribution in [1.82, 2.24) is 5.32 Å². The lowest BCUT2D eigenvalue weighted by atomic mass is 9.96. The number of phosphoric acid groups is 1. The molecule has 430 valence electrons. The molecule has 2 heterocycles. The highest BCUT2D eigenvalue weighted by atomic mass is 35.6. The van der Waals surface area contributed by atoms with Crippen LogP contribution in [0, 0.1) is 5.41 Å². The molecule has 15 nitrogen and oxygen atoms in total. The van der Waals surface area contributed by atoms with E-state index in [0.29, 0.717) is 30.4 Å². The number of nitrogens with one attached hydrogen (secondary N) is 2. The number of alkyl halides is 6. The number of unbranched alkanes of at least 4 members (excludes halogenated alkanes) is 18. The summed E-state index contributed by atoms with van der Waals surface area (Å²) in [4.78, 5) is 41.7. The van der Waals surface area contributed by atoms with Gasteiger partial charge < -0.3 is 33.7 Å². The fourth-order valence-electron chi connectivity index (χ4n) is 8.77. The van der Waals surface area contributed by atoms with Crippen LogP contribution in [0.5, 0.6) is 0 Å². The van der Waals surface area contributed by atoms with E-state index in [1.54, 1.807) is 24.3 Å². The SMILES string of the molecule is CCCCCCCCCCCCCC(=O)O[C@H](CCCCCCCCCCC)CC(=O)O[C@H]1[C@H](OP2(=O)OCc3ccccc3CO2)[C@@H](COCc2ccccc2)OC(OC(=N)C(Cl)(Cl)Cl)[C@@H]1NC(=O)OCC(Cl)(Cl)Cl. The average Bonchev–Trinajstić information content (AvgIpc) is 3.54. The van der Waals surface area contributed by atoms with Crippen molar-refractivity contribution in [2.75, 3.05) is 13.2 Å². The van der Waals surface area contributed by atoms with E-state index in [1.807, 2.05) is 30.3 Å². The quantitative estimate of drug-likeness (QED) is 0.0126. The molecule has 0 saturated carbocycles. The van der Waals surface area contributed by atoms with Crippen LogP contribution in [0.2, 0.25) is 0 Å². The zero-order chi connectivity index (χ0) is 55.2. The Hall–Kier alpha value is -2.11. The predicted octanol–water partition coefficient (Wildman–Crippen LogP) is 15.8. The molecule has 2 aliphatic heterocycles. The number of phosphoric ester groups is 1. The molecular formula is C54H79Cl6N2O13P. The molecule has 1 unspecified atom stereocenters. The Labute approximate surface area is 480 Å². The molecule has 1 amide bonds. The third kappa shape index (κ3) is 26.9. The molecule has 2 aromatic carbocycles. The van der Waals surface area contributed by atoms with E-state index in [4.69, 9.17) is 117 Å². The van der Waals surface area contributed by atoms with Crippen molar-refractivity contribution >= 4 is 101 Å². The van der Waals surface area contributed by atoms with Crippen molar-refractivity contribution in [2.45, 2.75) is 226 Å². The molecule has 2 aromatic rings. The van der Waals surface area contributed by atoms with Crippen LogP contribution in [0.15, 0.2) is 54.6 Å². The van der Waals surface area contributed by atoms with Gasteiger partial charge in [-0.15, -0.1) is 0 Å². The van der Waals surface area contributed by atoms with Crippen molar-refractivity contribution in [3.63, 3.8) is 0 Å². The average molecular weight is 1210 g/mol. The van der Waals surface area contributed by atoms with Crippen LogP contribution in [0.1, 0.15) is 178 Å². The second-order valence-electron chi connectivity index (χ2n) is 19.4. The van der Waals surface area contributed by atoms with Gasteiger partial charge >= 0.3 is 25.9 Å². The Kier molecular flexibility index (Phi) is 31.7. The van der Waals surface area contributed by atoms with E-state index in [1.165, 1.54) is 70.6 Å². The highest BCUT2D eigenvalue weighted by Crippen LogP contribution is 2.55. The molecule has 0 radical (unpaired) electrons. The number of rotatable bonds is 35. The summed E-state index contributed by atoms with van der Waals surface area (Å²) in [7, 11) is -4.63. The zero-order valence-electron chi connectivity index (χ0n) is 44.0. The molecule has 1 saturated heterocycles. The molecule has 2 aliphatic rings. The van der Waals surface area contributed by atoms with Gasteiger partial charge in [-0.2, -0.15) is 0 Å². The number of amides is 1. The van der Waals surface area contributed by atoms with Gasteiger partial charge in [0.05, 0.1) is 32.8 Å². The van der Waals surface area contributed by atoms with Crippen molar-refractivity contribution in [1.29, 1.82) is 5.41 Å². The molecule has 6 atom stereocenters. The van der Waals surface area contributed by atoms with Crippen molar-refractivity contribution < 1.29 is 60.9 Å². The van der Waals surface area contributed by atoms with Gasteiger partial charge in [0.25, 0.3) is 3.79 Å². The van der Waals surface area contributed by atoms with Gasteiger partial charge in [-0.05, 0) is 36.0 Å². The summed E-state index contributed by atoms with van der Waals surface area (Å²) in [6, 6.07) is 14.6. The second-order valence-corrected chi connectivity index (χ2v) is 25.8. The number of fused-ring (bicyclic) bond motifs is 1. The number of hydrogen-bond donors (Lipinski definition) is 2. The van der Waals surface area contributed by atoms with Crippen LogP contribution >= 0.6 is 77.4 Å². The Morgan fingerprint density at radius 2 is 1.22 bits per heavy atom. The first kappa shape index (κ1) is 66.4. The maximum absolute atomic E-state index is 14.7. The topological polar surface area (TPSA) is 187 Å². The number of carbonyl (C=O) groups is 3. The molecule has 0 bridgehead atoms. The van der Waals surface area contributed by atoms with E-state index < -0.39 is 89.1 Å². The van der Waals surface area contributed by atoms with Crippen LogP contribution in [-0.4, -0.2) is 81.5 Å². The lowest BCUT2D eigenvalue weighted by Crippen LogP contribution is -2.67. The maximum atomic E-state index is 14.7. The number of benzene rings is 2. The lowest BCUT2D eigenvalue weighted by Gasteiger charge is -2.45. The molecule has 4 rings (SSSR count). The highest BCUT2D eigenvalue weighted by Gasteiger charge is 2.55. The van der Waals surface area contributed by atoms with E-state index in [0.717, 1.165) is 50.5 Å². The van der Waals surface area contributed by atoms with Crippen LogP contribution in [0.3, 0.4) is 0 Å². The summed E-state index contributed by atoms with van der Waals surface area (Å²) in [5, 5.41) is 11.0.